The first-order valence-electron chi connectivity index (χ1n) is 10.5. The minimum Gasteiger partial charge on any atom is -0.480 e. The lowest BCUT2D eigenvalue weighted by molar-refractivity contribution is -0.160. The molecule has 2 heterocycles. The smallest absolute Gasteiger partial charge is 0.327 e. The van der Waals surface area contributed by atoms with Crippen LogP contribution in [0.3, 0.4) is 0 Å². The number of benzene rings is 2. The van der Waals surface area contributed by atoms with Crippen LogP contribution in [-0.4, -0.2) is 56.0 Å². The van der Waals surface area contributed by atoms with E-state index < -0.39 is 52.4 Å². The third-order valence-electron chi connectivity index (χ3n) is 5.77. The molecule has 2 aromatic carbocycles. The summed E-state index contributed by atoms with van der Waals surface area (Å²) in [5.74, 6) is -2.80. The Morgan fingerprint density at radius 3 is 2.27 bits per heavy atom. The lowest BCUT2D eigenvalue weighted by Crippen LogP contribution is -2.71. The standard InChI is InChI=1S/C24H24N2O6S/c1-24(2)20(23(30)31)26-21(29)19(22(26)33-24)25(16-11-7-4-8-12-16)17(27)13-18(28)32-14-15-9-5-3-6-10-15/h3-12,19-20,22H,13-14H2,1-2H3,(H,30,31)/t19?,20?,22-/m1/s1. The first kappa shape index (κ1) is 22.8. The molecule has 0 aromatic heterocycles. The fourth-order valence-electron chi connectivity index (χ4n) is 4.28. The zero-order chi connectivity index (χ0) is 23.8. The number of esters is 1. The molecule has 2 aromatic rings. The van der Waals surface area contributed by atoms with Gasteiger partial charge >= 0.3 is 11.9 Å². The number of carboxylic acids is 1. The Morgan fingerprint density at radius 2 is 1.67 bits per heavy atom. The molecule has 2 fully saturated rings. The van der Waals surface area contributed by atoms with E-state index in [1.807, 2.05) is 30.3 Å². The molecule has 0 spiro atoms. The van der Waals surface area contributed by atoms with Gasteiger partial charge in [0.2, 0.25) is 5.91 Å². The third-order valence-corrected chi connectivity index (χ3v) is 7.32. The Balaban J connectivity index is 1.53. The molecule has 2 aliphatic heterocycles. The molecule has 172 valence electrons. The van der Waals surface area contributed by atoms with Crippen molar-refractivity contribution in [3.63, 3.8) is 0 Å². The van der Waals surface area contributed by atoms with E-state index in [2.05, 4.69) is 0 Å². The maximum absolute atomic E-state index is 13.2. The summed E-state index contributed by atoms with van der Waals surface area (Å²) in [7, 11) is 0. The number of fused-ring (bicyclic) bond motifs is 1. The van der Waals surface area contributed by atoms with Gasteiger partial charge < -0.3 is 14.7 Å². The van der Waals surface area contributed by atoms with Crippen molar-refractivity contribution < 1.29 is 29.0 Å². The van der Waals surface area contributed by atoms with Gasteiger partial charge in [0.25, 0.3) is 5.91 Å². The molecule has 0 saturated carbocycles. The number of amides is 2. The summed E-state index contributed by atoms with van der Waals surface area (Å²) in [6.45, 7) is 3.59. The second-order valence-electron chi connectivity index (χ2n) is 8.47. The van der Waals surface area contributed by atoms with E-state index in [0.717, 1.165) is 5.56 Å². The maximum atomic E-state index is 13.2. The van der Waals surface area contributed by atoms with Gasteiger partial charge in [-0.05, 0) is 31.5 Å². The number of hydrogen-bond donors (Lipinski definition) is 1. The van der Waals surface area contributed by atoms with Crippen LogP contribution in [0, 0.1) is 0 Å². The average molecular weight is 469 g/mol. The predicted molar refractivity (Wildman–Crippen MR) is 122 cm³/mol. The van der Waals surface area contributed by atoms with E-state index in [0.29, 0.717) is 5.69 Å². The molecule has 1 N–H and O–H groups in total. The molecule has 33 heavy (non-hydrogen) atoms. The lowest BCUT2D eigenvalue weighted by atomic mass is 9.94. The number of anilines is 1. The molecule has 2 unspecified atom stereocenters. The van der Waals surface area contributed by atoms with Crippen LogP contribution in [0.15, 0.2) is 60.7 Å². The van der Waals surface area contributed by atoms with Gasteiger partial charge in [0.15, 0.2) is 0 Å². The molecule has 2 amide bonds. The van der Waals surface area contributed by atoms with Crippen LogP contribution in [-0.2, 0) is 30.5 Å². The zero-order valence-corrected chi connectivity index (χ0v) is 19.0. The van der Waals surface area contributed by atoms with Gasteiger partial charge in [-0.3, -0.25) is 19.3 Å². The Bertz CT molecular complexity index is 1070. The molecule has 0 radical (unpaired) electrons. The predicted octanol–water partition coefficient (Wildman–Crippen LogP) is 2.67. The second-order valence-corrected chi connectivity index (χ2v) is 10.2. The van der Waals surface area contributed by atoms with Crippen molar-refractivity contribution >= 4 is 41.2 Å². The number of carbonyl (C=O) groups excluding carboxylic acids is 3. The number of thioether (sulfide) groups is 1. The fourth-order valence-corrected chi connectivity index (χ4v) is 5.95. The molecular weight excluding hydrogens is 444 g/mol. The van der Waals surface area contributed by atoms with Gasteiger partial charge in [-0.15, -0.1) is 11.8 Å². The second kappa shape index (κ2) is 8.90. The number of carboxylic acid groups (broad SMARTS) is 1. The Hall–Kier alpha value is -3.33. The van der Waals surface area contributed by atoms with E-state index in [-0.39, 0.29) is 6.61 Å². The van der Waals surface area contributed by atoms with Crippen LogP contribution in [0.2, 0.25) is 0 Å². The minimum atomic E-state index is -1.08. The number of rotatable bonds is 7. The highest BCUT2D eigenvalue weighted by Crippen LogP contribution is 2.52. The van der Waals surface area contributed by atoms with Crippen LogP contribution in [0.1, 0.15) is 25.8 Å². The van der Waals surface area contributed by atoms with Crippen LogP contribution in [0.25, 0.3) is 0 Å². The molecule has 9 heteroatoms. The van der Waals surface area contributed by atoms with Crippen molar-refractivity contribution in [1.29, 1.82) is 0 Å². The highest BCUT2D eigenvalue weighted by Gasteiger charge is 2.66. The van der Waals surface area contributed by atoms with Crippen molar-refractivity contribution in [2.75, 3.05) is 4.90 Å². The summed E-state index contributed by atoms with van der Waals surface area (Å²) in [4.78, 5) is 53.2. The maximum Gasteiger partial charge on any atom is 0.327 e. The number of nitrogens with zero attached hydrogens (tertiary/aromatic N) is 2. The summed E-state index contributed by atoms with van der Waals surface area (Å²) in [6, 6.07) is 15.9. The molecular formula is C24H24N2O6S. The van der Waals surface area contributed by atoms with Crippen LogP contribution < -0.4 is 4.90 Å². The van der Waals surface area contributed by atoms with Crippen molar-refractivity contribution in [1.82, 2.24) is 4.90 Å². The van der Waals surface area contributed by atoms with Gasteiger partial charge in [-0.25, -0.2) is 4.79 Å². The highest BCUT2D eigenvalue weighted by atomic mass is 32.2. The first-order valence-corrected chi connectivity index (χ1v) is 11.4. The SMILES string of the molecule is CC1(C)S[C@@H]2C(N(C(=O)CC(=O)OCc3ccccc3)c3ccccc3)C(=O)N2C1C(=O)O. The van der Waals surface area contributed by atoms with Crippen molar-refractivity contribution in [3.8, 4) is 0 Å². The Labute approximate surface area is 195 Å². The third kappa shape index (κ3) is 4.32. The normalized spacial score (nSPS) is 22.8. The van der Waals surface area contributed by atoms with Crippen molar-refractivity contribution in [2.24, 2.45) is 0 Å². The van der Waals surface area contributed by atoms with Gasteiger partial charge in [-0.1, -0.05) is 48.5 Å². The number of β-lactam (4-membered cyclic amide) rings is 1. The summed E-state index contributed by atoms with van der Waals surface area (Å²) in [5, 5.41) is 9.15. The molecule has 4 rings (SSSR count). The minimum absolute atomic E-state index is 0.0430. The van der Waals surface area contributed by atoms with Crippen LogP contribution in [0.5, 0.6) is 0 Å². The molecule has 0 aliphatic carbocycles. The Morgan fingerprint density at radius 1 is 1.06 bits per heavy atom. The van der Waals surface area contributed by atoms with Gasteiger partial charge in [-0.2, -0.15) is 0 Å². The molecule has 8 nitrogen and oxygen atoms in total. The molecule has 3 atom stereocenters. The van der Waals surface area contributed by atoms with Crippen molar-refractivity contribution in [2.45, 2.75) is 49.1 Å². The highest BCUT2D eigenvalue weighted by molar-refractivity contribution is 8.01. The van der Waals surface area contributed by atoms with Crippen LogP contribution in [0.4, 0.5) is 5.69 Å². The van der Waals surface area contributed by atoms with E-state index in [1.54, 1.807) is 44.2 Å². The Kier molecular flexibility index (Phi) is 6.16. The number of ether oxygens (including phenoxy) is 1. The van der Waals surface area contributed by atoms with Gasteiger partial charge in [0, 0.05) is 10.4 Å². The monoisotopic (exact) mass is 468 g/mol. The molecule has 2 saturated heterocycles. The fraction of sp³-hybridized carbons (Fsp3) is 0.333. The summed E-state index contributed by atoms with van der Waals surface area (Å²) in [5.41, 5.74) is 1.26. The van der Waals surface area contributed by atoms with Gasteiger partial charge in [0.05, 0.1) is 0 Å². The topological polar surface area (TPSA) is 104 Å². The largest absolute Gasteiger partial charge is 0.480 e. The van der Waals surface area contributed by atoms with Crippen molar-refractivity contribution in [3.05, 3.63) is 66.2 Å². The number of para-hydroxylation sites is 1. The quantitative estimate of drug-likeness (QED) is 0.378. The van der Waals surface area contributed by atoms with E-state index in [9.17, 15) is 24.3 Å². The molecule has 0 bridgehead atoms. The summed E-state index contributed by atoms with van der Waals surface area (Å²) >= 11 is 1.35. The van der Waals surface area contributed by atoms with E-state index in [1.165, 1.54) is 21.6 Å². The van der Waals surface area contributed by atoms with E-state index in [4.69, 9.17) is 4.74 Å². The zero-order valence-electron chi connectivity index (χ0n) is 18.2. The van der Waals surface area contributed by atoms with E-state index >= 15 is 0 Å². The lowest BCUT2D eigenvalue weighted by Gasteiger charge is -2.48. The first-order chi connectivity index (χ1) is 15.7. The summed E-state index contributed by atoms with van der Waals surface area (Å²) in [6.07, 6.45) is -0.533. The number of hydrogen-bond acceptors (Lipinski definition) is 6. The van der Waals surface area contributed by atoms with Gasteiger partial charge in [0.1, 0.15) is 30.5 Å². The number of carbonyl (C=O) groups is 4. The molecule has 2 aliphatic rings. The number of aliphatic carboxylic acids is 1. The van der Waals surface area contributed by atoms with Crippen LogP contribution >= 0.6 is 11.8 Å². The average Bonchev–Trinajstić information content (AvgIpc) is 3.04. The summed E-state index contributed by atoms with van der Waals surface area (Å²) < 4.78 is 4.53.